The van der Waals surface area contributed by atoms with E-state index in [-0.39, 0.29) is 6.23 Å². The molecule has 3 heterocycles. The summed E-state index contributed by atoms with van der Waals surface area (Å²) in [4.78, 5) is 5.59. The molecular formula is C13H17N3OS. The Hall–Kier alpha value is -1.20. The smallest absolute Gasteiger partial charge is 0.191 e. The Balaban J connectivity index is 1.87. The van der Waals surface area contributed by atoms with Crippen molar-refractivity contribution in [3.05, 3.63) is 22.8 Å². The lowest BCUT2D eigenvalue weighted by Crippen LogP contribution is -2.18. The molecule has 0 aromatic carbocycles. The van der Waals surface area contributed by atoms with Crippen molar-refractivity contribution >= 4 is 11.3 Å². The van der Waals surface area contributed by atoms with Gasteiger partial charge < -0.3 is 4.74 Å². The van der Waals surface area contributed by atoms with Gasteiger partial charge in [-0.3, -0.25) is 0 Å². The van der Waals surface area contributed by atoms with Crippen LogP contribution in [0.3, 0.4) is 0 Å². The van der Waals surface area contributed by atoms with Crippen LogP contribution in [0.15, 0.2) is 11.7 Å². The number of aryl methyl sites for hydroxylation is 1. The van der Waals surface area contributed by atoms with Crippen LogP contribution in [-0.4, -0.2) is 21.4 Å². The molecule has 0 spiro atoms. The average molecular weight is 263 g/mol. The summed E-state index contributed by atoms with van der Waals surface area (Å²) >= 11 is 1.71. The highest BCUT2D eigenvalue weighted by Crippen LogP contribution is 2.30. The van der Waals surface area contributed by atoms with Crippen LogP contribution in [0.2, 0.25) is 0 Å². The van der Waals surface area contributed by atoms with E-state index in [9.17, 15) is 0 Å². The maximum absolute atomic E-state index is 5.71. The molecule has 1 saturated heterocycles. The quantitative estimate of drug-likeness (QED) is 0.834. The topological polar surface area (TPSA) is 39.9 Å². The largest absolute Gasteiger partial charge is 0.356 e. The first-order chi connectivity index (χ1) is 8.75. The van der Waals surface area contributed by atoms with Crippen LogP contribution in [-0.2, 0) is 4.74 Å². The number of nitrogens with zero attached hydrogens (tertiary/aromatic N) is 3. The summed E-state index contributed by atoms with van der Waals surface area (Å²) in [6.07, 6.45) is 5.25. The van der Waals surface area contributed by atoms with Crippen LogP contribution in [0, 0.1) is 13.8 Å². The van der Waals surface area contributed by atoms with Crippen LogP contribution in [0.4, 0.5) is 0 Å². The summed E-state index contributed by atoms with van der Waals surface area (Å²) in [7, 11) is 0. The molecular weight excluding hydrogens is 246 g/mol. The van der Waals surface area contributed by atoms with Crippen LogP contribution in [0.5, 0.6) is 0 Å². The summed E-state index contributed by atoms with van der Waals surface area (Å²) in [6.45, 7) is 5.08. The first-order valence-electron chi connectivity index (χ1n) is 6.33. The van der Waals surface area contributed by atoms with E-state index in [0.29, 0.717) is 0 Å². The van der Waals surface area contributed by atoms with E-state index in [0.717, 1.165) is 25.3 Å². The van der Waals surface area contributed by atoms with Gasteiger partial charge in [-0.15, -0.1) is 16.4 Å². The lowest BCUT2D eigenvalue weighted by Gasteiger charge is -2.21. The molecule has 0 radical (unpaired) electrons. The van der Waals surface area contributed by atoms with Crippen LogP contribution >= 0.6 is 11.3 Å². The Morgan fingerprint density at radius 3 is 2.94 bits per heavy atom. The van der Waals surface area contributed by atoms with Gasteiger partial charge in [0.15, 0.2) is 12.1 Å². The molecule has 1 atom stereocenters. The highest BCUT2D eigenvalue weighted by atomic mass is 32.1. The molecule has 1 aliphatic heterocycles. The Morgan fingerprint density at radius 2 is 2.28 bits per heavy atom. The van der Waals surface area contributed by atoms with Crippen molar-refractivity contribution in [3.8, 4) is 10.7 Å². The molecule has 2 aromatic heterocycles. The Bertz CT molecular complexity index is 540. The van der Waals surface area contributed by atoms with E-state index >= 15 is 0 Å². The van der Waals surface area contributed by atoms with Crippen molar-refractivity contribution in [2.24, 2.45) is 0 Å². The average Bonchev–Trinajstić information content (AvgIpc) is 3.00. The first kappa shape index (κ1) is 11.9. The molecule has 0 N–H and O–H groups in total. The van der Waals surface area contributed by atoms with Gasteiger partial charge in [0.25, 0.3) is 0 Å². The molecule has 0 bridgehead atoms. The minimum atomic E-state index is 0.0707. The zero-order valence-electron chi connectivity index (χ0n) is 10.7. The summed E-state index contributed by atoms with van der Waals surface area (Å²) < 4.78 is 7.58. The van der Waals surface area contributed by atoms with Crippen LogP contribution in [0.25, 0.3) is 10.7 Å². The number of hydrogen-bond donors (Lipinski definition) is 0. The molecule has 1 unspecified atom stereocenters. The van der Waals surface area contributed by atoms with Gasteiger partial charge in [-0.25, -0.2) is 9.67 Å². The van der Waals surface area contributed by atoms with Crippen molar-refractivity contribution in [3.63, 3.8) is 0 Å². The van der Waals surface area contributed by atoms with Crippen LogP contribution < -0.4 is 0 Å². The van der Waals surface area contributed by atoms with Crippen molar-refractivity contribution in [1.29, 1.82) is 0 Å². The summed E-state index contributed by atoms with van der Waals surface area (Å²) in [5.41, 5.74) is 2.59. The maximum Gasteiger partial charge on any atom is 0.191 e. The summed E-state index contributed by atoms with van der Waals surface area (Å²) in [5.74, 6) is 0.819. The molecule has 1 fully saturated rings. The van der Waals surface area contributed by atoms with Gasteiger partial charge in [-0.05, 0) is 49.6 Å². The van der Waals surface area contributed by atoms with Crippen LogP contribution in [0.1, 0.15) is 36.6 Å². The molecule has 2 aromatic rings. The molecule has 4 nitrogen and oxygen atoms in total. The standard InChI is InChI=1S/C13H17N3OS/c1-9-7-18-12(10(9)2)13-14-8-16(15-13)11-5-3-4-6-17-11/h7-8,11H,3-6H2,1-2H3. The fraction of sp³-hybridized carbons (Fsp3) is 0.538. The second-order valence-corrected chi connectivity index (χ2v) is 5.62. The predicted molar refractivity (Wildman–Crippen MR) is 71.6 cm³/mol. The monoisotopic (exact) mass is 263 g/mol. The van der Waals surface area contributed by atoms with Crippen molar-refractivity contribution < 1.29 is 4.74 Å². The fourth-order valence-electron chi connectivity index (χ4n) is 2.17. The summed E-state index contributed by atoms with van der Waals surface area (Å²) in [5, 5.41) is 6.72. The van der Waals surface area contributed by atoms with E-state index < -0.39 is 0 Å². The second-order valence-electron chi connectivity index (χ2n) is 4.74. The van der Waals surface area contributed by atoms with E-state index in [4.69, 9.17) is 4.74 Å². The van der Waals surface area contributed by atoms with Gasteiger partial charge in [0.2, 0.25) is 0 Å². The lowest BCUT2D eigenvalue weighted by atomic mass is 10.2. The van der Waals surface area contributed by atoms with Crippen molar-refractivity contribution in [2.45, 2.75) is 39.3 Å². The van der Waals surface area contributed by atoms with Gasteiger partial charge in [0.05, 0.1) is 4.88 Å². The summed E-state index contributed by atoms with van der Waals surface area (Å²) in [6, 6.07) is 0. The van der Waals surface area contributed by atoms with Gasteiger partial charge in [0.1, 0.15) is 6.33 Å². The maximum atomic E-state index is 5.71. The number of rotatable bonds is 2. The highest BCUT2D eigenvalue weighted by molar-refractivity contribution is 7.13. The van der Waals surface area contributed by atoms with E-state index in [1.165, 1.54) is 22.4 Å². The zero-order chi connectivity index (χ0) is 12.5. The zero-order valence-corrected chi connectivity index (χ0v) is 11.5. The molecule has 18 heavy (non-hydrogen) atoms. The third kappa shape index (κ3) is 2.08. The Labute approximate surface area is 111 Å². The minimum Gasteiger partial charge on any atom is -0.356 e. The number of thiophene rings is 1. The highest BCUT2D eigenvalue weighted by Gasteiger charge is 2.18. The van der Waals surface area contributed by atoms with Gasteiger partial charge in [-0.1, -0.05) is 0 Å². The lowest BCUT2D eigenvalue weighted by molar-refractivity contribution is -0.0395. The normalized spacial score (nSPS) is 20.2. The van der Waals surface area contributed by atoms with Gasteiger partial charge >= 0.3 is 0 Å². The predicted octanol–water partition coefficient (Wildman–Crippen LogP) is 3.32. The molecule has 0 aliphatic carbocycles. The number of hydrogen-bond acceptors (Lipinski definition) is 4. The molecule has 3 rings (SSSR count). The molecule has 0 saturated carbocycles. The number of ether oxygens (including phenoxy) is 1. The van der Waals surface area contributed by atoms with Crippen molar-refractivity contribution in [1.82, 2.24) is 14.8 Å². The molecule has 96 valence electrons. The first-order valence-corrected chi connectivity index (χ1v) is 7.21. The molecule has 1 aliphatic rings. The minimum absolute atomic E-state index is 0.0707. The molecule has 0 amide bonds. The Morgan fingerprint density at radius 1 is 1.39 bits per heavy atom. The third-order valence-electron chi connectivity index (χ3n) is 3.45. The number of aromatic nitrogens is 3. The van der Waals surface area contributed by atoms with Crippen molar-refractivity contribution in [2.75, 3.05) is 6.61 Å². The van der Waals surface area contributed by atoms with Gasteiger partial charge in [-0.2, -0.15) is 0 Å². The van der Waals surface area contributed by atoms with Gasteiger partial charge in [0, 0.05) is 6.61 Å². The Kier molecular flexibility index (Phi) is 3.18. The SMILES string of the molecule is Cc1csc(-c2ncn(C3CCCCO3)n2)c1C. The van der Waals surface area contributed by atoms with E-state index in [1.807, 2.05) is 4.68 Å². The second kappa shape index (κ2) is 4.82. The fourth-order valence-corrected chi connectivity index (χ4v) is 3.18. The van der Waals surface area contributed by atoms with E-state index in [1.54, 1.807) is 17.7 Å². The van der Waals surface area contributed by atoms with E-state index in [2.05, 4.69) is 29.3 Å². The molecule has 5 heteroatoms. The third-order valence-corrected chi connectivity index (χ3v) is 4.64.